The molecular weight excluding hydrogens is 150 g/mol. The minimum atomic E-state index is 0.732. The molecule has 0 atom stereocenters. The first kappa shape index (κ1) is 8.71. The average molecular weight is 163 g/mol. The normalized spacial score (nSPS) is 9.50. The van der Waals surface area contributed by atoms with Gasteiger partial charge in [-0.05, 0) is 13.8 Å². The van der Waals surface area contributed by atoms with E-state index in [4.69, 9.17) is 0 Å². The molecule has 12 heavy (non-hydrogen) atoms. The summed E-state index contributed by atoms with van der Waals surface area (Å²) in [6, 6.07) is 1.91. The smallest absolute Gasteiger partial charge is 0.130 e. The summed E-state index contributed by atoms with van der Waals surface area (Å²) in [5, 5.41) is 3.11. The van der Waals surface area contributed by atoms with Crippen molar-refractivity contribution in [2.45, 2.75) is 13.8 Å². The number of rotatable bonds is 3. The van der Waals surface area contributed by atoms with E-state index in [1.165, 1.54) is 0 Å². The van der Waals surface area contributed by atoms with Crippen molar-refractivity contribution >= 4 is 5.82 Å². The highest BCUT2D eigenvalue weighted by atomic mass is 15.0. The first-order chi connectivity index (χ1) is 5.72. The van der Waals surface area contributed by atoms with Gasteiger partial charge < -0.3 is 5.32 Å². The van der Waals surface area contributed by atoms with Gasteiger partial charge in [0.05, 0.1) is 0 Å². The summed E-state index contributed by atoms with van der Waals surface area (Å²) in [6.07, 6.45) is 1.80. The van der Waals surface area contributed by atoms with E-state index in [-0.39, 0.29) is 0 Å². The Bertz CT molecular complexity index is 261. The molecule has 1 rings (SSSR count). The maximum atomic E-state index is 4.20. The van der Waals surface area contributed by atoms with E-state index >= 15 is 0 Å². The molecule has 0 radical (unpaired) electrons. The lowest BCUT2D eigenvalue weighted by Gasteiger charge is -2.03. The number of anilines is 1. The van der Waals surface area contributed by atoms with Crippen LogP contribution in [0.4, 0.5) is 5.82 Å². The Kier molecular flexibility index (Phi) is 2.80. The molecule has 3 heteroatoms. The van der Waals surface area contributed by atoms with Crippen LogP contribution in [-0.4, -0.2) is 16.5 Å². The summed E-state index contributed by atoms with van der Waals surface area (Å²) in [6.45, 7) is 8.18. The van der Waals surface area contributed by atoms with Gasteiger partial charge in [-0.25, -0.2) is 9.97 Å². The van der Waals surface area contributed by atoms with Gasteiger partial charge in [0.15, 0.2) is 0 Å². The largest absolute Gasteiger partial charge is 0.366 e. The van der Waals surface area contributed by atoms with Gasteiger partial charge in [-0.2, -0.15) is 0 Å². The van der Waals surface area contributed by atoms with E-state index < -0.39 is 0 Å². The van der Waals surface area contributed by atoms with Crippen molar-refractivity contribution in [2.75, 3.05) is 11.9 Å². The van der Waals surface area contributed by atoms with Crippen LogP contribution in [0, 0.1) is 13.8 Å². The third kappa shape index (κ3) is 2.34. The molecule has 1 heterocycles. The fourth-order valence-electron chi connectivity index (χ4n) is 0.984. The van der Waals surface area contributed by atoms with Gasteiger partial charge in [0, 0.05) is 18.3 Å². The van der Waals surface area contributed by atoms with Crippen LogP contribution < -0.4 is 5.32 Å². The standard InChI is InChI=1S/C9H13N3/c1-4-5-10-9-6-7(2)11-8(3)12-9/h4,6H,1,5H2,2-3H3,(H,10,11,12). The minimum absolute atomic E-state index is 0.732. The van der Waals surface area contributed by atoms with Crippen LogP contribution in [0.5, 0.6) is 0 Å². The molecule has 64 valence electrons. The highest BCUT2D eigenvalue weighted by molar-refractivity contribution is 5.36. The van der Waals surface area contributed by atoms with E-state index in [0.717, 1.165) is 23.9 Å². The molecule has 0 fully saturated rings. The molecule has 0 spiro atoms. The van der Waals surface area contributed by atoms with Crippen LogP contribution in [0.1, 0.15) is 11.5 Å². The van der Waals surface area contributed by atoms with Gasteiger partial charge >= 0.3 is 0 Å². The lowest BCUT2D eigenvalue weighted by molar-refractivity contribution is 1.01. The van der Waals surface area contributed by atoms with Crippen molar-refractivity contribution in [1.82, 2.24) is 9.97 Å². The quantitative estimate of drug-likeness (QED) is 0.689. The highest BCUT2D eigenvalue weighted by Crippen LogP contribution is 2.04. The Labute approximate surface area is 72.6 Å². The topological polar surface area (TPSA) is 37.8 Å². The van der Waals surface area contributed by atoms with Gasteiger partial charge in [0.25, 0.3) is 0 Å². The number of nitrogens with one attached hydrogen (secondary N) is 1. The highest BCUT2D eigenvalue weighted by Gasteiger charge is 1.95. The summed E-state index contributed by atoms with van der Waals surface area (Å²) in [4.78, 5) is 8.37. The predicted octanol–water partition coefficient (Wildman–Crippen LogP) is 1.69. The van der Waals surface area contributed by atoms with Crippen molar-refractivity contribution in [1.29, 1.82) is 0 Å². The number of nitrogens with zero attached hydrogens (tertiary/aromatic N) is 2. The molecule has 0 unspecified atom stereocenters. The van der Waals surface area contributed by atoms with Crippen LogP contribution >= 0.6 is 0 Å². The van der Waals surface area contributed by atoms with Gasteiger partial charge in [-0.15, -0.1) is 6.58 Å². The van der Waals surface area contributed by atoms with Crippen molar-refractivity contribution in [3.63, 3.8) is 0 Å². The molecule has 0 saturated carbocycles. The predicted molar refractivity (Wildman–Crippen MR) is 50.2 cm³/mol. The lowest BCUT2D eigenvalue weighted by Crippen LogP contribution is -2.02. The van der Waals surface area contributed by atoms with E-state index in [1.807, 2.05) is 19.9 Å². The number of aromatic nitrogens is 2. The summed E-state index contributed by atoms with van der Waals surface area (Å²) in [7, 11) is 0. The maximum absolute atomic E-state index is 4.20. The van der Waals surface area contributed by atoms with Crippen molar-refractivity contribution in [3.05, 3.63) is 30.2 Å². The monoisotopic (exact) mass is 163 g/mol. The first-order valence-corrected chi connectivity index (χ1v) is 3.89. The Hall–Kier alpha value is -1.38. The molecule has 0 aliphatic rings. The van der Waals surface area contributed by atoms with Gasteiger partial charge in [-0.1, -0.05) is 6.08 Å². The Morgan fingerprint density at radius 2 is 2.25 bits per heavy atom. The maximum Gasteiger partial charge on any atom is 0.130 e. The number of hydrogen-bond acceptors (Lipinski definition) is 3. The summed E-state index contributed by atoms with van der Waals surface area (Å²) in [5.41, 5.74) is 0.981. The molecule has 0 saturated heterocycles. The third-order valence-corrected chi connectivity index (χ3v) is 1.39. The van der Waals surface area contributed by atoms with Gasteiger partial charge in [-0.3, -0.25) is 0 Å². The zero-order valence-corrected chi connectivity index (χ0v) is 7.46. The zero-order chi connectivity index (χ0) is 8.97. The molecular formula is C9H13N3. The van der Waals surface area contributed by atoms with Crippen molar-refractivity contribution < 1.29 is 0 Å². The molecule has 0 aromatic carbocycles. The van der Waals surface area contributed by atoms with E-state index in [2.05, 4.69) is 21.9 Å². The van der Waals surface area contributed by atoms with Crippen LogP contribution in [0.25, 0.3) is 0 Å². The molecule has 1 N–H and O–H groups in total. The van der Waals surface area contributed by atoms with Crippen LogP contribution in [0.2, 0.25) is 0 Å². The number of aryl methyl sites for hydroxylation is 2. The fraction of sp³-hybridized carbons (Fsp3) is 0.333. The second-order valence-corrected chi connectivity index (χ2v) is 2.61. The van der Waals surface area contributed by atoms with Crippen molar-refractivity contribution in [3.8, 4) is 0 Å². The zero-order valence-electron chi connectivity index (χ0n) is 7.46. The van der Waals surface area contributed by atoms with Crippen LogP contribution in [-0.2, 0) is 0 Å². The summed E-state index contributed by atoms with van der Waals surface area (Å²) < 4.78 is 0. The minimum Gasteiger partial charge on any atom is -0.366 e. The molecule has 0 aliphatic carbocycles. The lowest BCUT2D eigenvalue weighted by atomic mass is 10.4. The van der Waals surface area contributed by atoms with Gasteiger partial charge in [0.2, 0.25) is 0 Å². The third-order valence-electron chi connectivity index (χ3n) is 1.39. The second-order valence-electron chi connectivity index (χ2n) is 2.61. The first-order valence-electron chi connectivity index (χ1n) is 3.89. The molecule has 1 aromatic heterocycles. The second kappa shape index (κ2) is 3.85. The van der Waals surface area contributed by atoms with Crippen molar-refractivity contribution in [2.24, 2.45) is 0 Å². The fourth-order valence-corrected chi connectivity index (χ4v) is 0.984. The Morgan fingerprint density at radius 1 is 1.50 bits per heavy atom. The number of hydrogen-bond donors (Lipinski definition) is 1. The van der Waals surface area contributed by atoms with E-state index in [9.17, 15) is 0 Å². The van der Waals surface area contributed by atoms with E-state index in [1.54, 1.807) is 6.08 Å². The SMILES string of the molecule is C=CCNc1cc(C)nc(C)n1. The molecule has 0 bridgehead atoms. The molecule has 0 aliphatic heterocycles. The average Bonchev–Trinajstić information content (AvgIpc) is 1.99. The summed E-state index contributed by atoms with van der Waals surface area (Å²) in [5.74, 6) is 1.65. The van der Waals surface area contributed by atoms with Crippen LogP contribution in [0.3, 0.4) is 0 Å². The molecule has 3 nitrogen and oxygen atoms in total. The summed E-state index contributed by atoms with van der Waals surface area (Å²) >= 11 is 0. The molecule has 0 amide bonds. The van der Waals surface area contributed by atoms with Gasteiger partial charge in [0.1, 0.15) is 11.6 Å². The Morgan fingerprint density at radius 3 is 2.83 bits per heavy atom. The molecule has 1 aromatic rings. The van der Waals surface area contributed by atoms with Crippen LogP contribution in [0.15, 0.2) is 18.7 Å². The Balaban J connectivity index is 2.78. The van der Waals surface area contributed by atoms with E-state index in [0.29, 0.717) is 0 Å².